The lowest BCUT2D eigenvalue weighted by molar-refractivity contribution is 0.242. The minimum atomic E-state index is 0.0231. The maximum absolute atomic E-state index is 10.2. The lowest BCUT2D eigenvalue weighted by atomic mass is 10.1. The molecule has 3 rings (SSSR count). The fourth-order valence-corrected chi connectivity index (χ4v) is 2.67. The Bertz CT molecular complexity index is 530. The molecule has 0 radical (unpaired) electrons. The number of hydrogen-bond acceptors (Lipinski definition) is 6. The Labute approximate surface area is 111 Å². The van der Waals surface area contributed by atoms with Crippen molar-refractivity contribution in [3.63, 3.8) is 0 Å². The molecule has 1 aliphatic heterocycles. The zero-order valence-corrected chi connectivity index (χ0v) is 10.6. The summed E-state index contributed by atoms with van der Waals surface area (Å²) in [6.07, 6.45) is 4.01. The summed E-state index contributed by atoms with van der Waals surface area (Å²) in [6, 6.07) is 3.79. The number of nitrogens with zero attached hydrogens (tertiary/aromatic N) is 3. The molecule has 1 heterocycles. The highest BCUT2D eigenvalue weighted by atomic mass is 16.5. The quantitative estimate of drug-likeness (QED) is 0.773. The summed E-state index contributed by atoms with van der Waals surface area (Å²) >= 11 is 0. The van der Waals surface area contributed by atoms with Crippen molar-refractivity contribution in [2.45, 2.75) is 32.1 Å². The van der Waals surface area contributed by atoms with Crippen LogP contribution in [0, 0.1) is 0 Å². The van der Waals surface area contributed by atoms with Crippen LogP contribution in [-0.4, -0.2) is 28.0 Å². The summed E-state index contributed by atoms with van der Waals surface area (Å²) in [5.74, 6) is 0.335. The van der Waals surface area contributed by atoms with Crippen LogP contribution in [0.5, 0.6) is 0 Å². The summed E-state index contributed by atoms with van der Waals surface area (Å²) in [5, 5.41) is 34.7. The van der Waals surface area contributed by atoms with E-state index in [0.29, 0.717) is 30.1 Å². The third-order valence-electron chi connectivity index (χ3n) is 3.65. The molecule has 6 heteroatoms. The Morgan fingerprint density at radius 2 is 1.79 bits per heavy atom. The second-order valence-electron chi connectivity index (χ2n) is 4.91. The van der Waals surface area contributed by atoms with E-state index in [1.54, 1.807) is 0 Å². The summed E-state index contributed by atoms with van der Waals surface area (Å²) in [6.45, 7) is 0.0231. The maximum Gasteiger partial charge on any atom is 0.157 e. The van der Waals surface area contributed by atoms with Crippen LogP contribution in [0.1, 0.15) is 30.4 Å². The highest BCUT2D eigenvalue weighted by Crippen LogP contribution is 2.38. The minimum absolute atomic E-state index is 0.0231. The van der Waals surface area contributed by atoms with Gasteiger partial charge in [-0.25, -0.2) is 5.06 Å². The van der Waals surface area contributed by atoms with Crippen molar-refractivity contribution in [2.24, 2.45) is 5.10 Å². The molecule has 0 aromatic heterocycles. The molecule has 1 aliphatic carbocycles. The molecule has 102 valence electrons. The molecule has 0 bridgehead atoms. The molecule has 1 aromatic carbocycles. The second-order valence-corrected chi connectivity index (χ2v) is 4.91. The summed E-state index contributed by atoms with van der Waals surface area (Å²) in [7, 11) is 0. The van der Waals surface area contributed by atoms with Crippen molar-refractivity contribution in [1.29, 1.82) is 0 Å². The number of anilines is 2. The average Bonchev–Trinajstić information content (AvgIpc) is 2.87. The zero-order chi connectivity index (χ0) is 13.4. The van der Waals surface area contributed by atoms with E-state index in [2.05, 4.69) is 5.10 Å². The van der Waals surface area contributed by atoms with Crippen LogP contribution in [0.25, 0.3) is 0 Å². The largest absolute Gasteiger partial charge is 0.396 e. The molecule has 0 atom stereocenters. The minimum Gasteiger partial charge on any atom is -0.396 e. The highest BCUT2D eigenvalue weighted by molar-refractivity contribution is 6.01. The number of benzene rings is 1. The van der Waals surface area contributed by atoms with Gasteiger partial charge >= 0.3 is 0 Å². The van der Waals surface area contributed by atoms with Crippen molar-refractivity contribution >= 4 is 17.2 Å². The molecular weight excluding hydrogens is 246 g/mol. The third-order valence-corrected chi connectivity index (χ3v) is 3.65. The van der Waals surface area contributed by atoms with Crippen molar-refractivity contribution in [3.05, 3.63) is 23.3 Å². The zero-order valence-electron chi connectivity index (χ0n) is 10.6. The Balaban J connectivity index is 1.97. The molecule has 0 saturated carbocycles. The molecule has 0 saturated heterocycles. The molecule has 19 heavy (non-hydrogen) atoms. The SMILES string of the molecule is OCCCC1=NN(O)c2cc3c(cc2N1O)CCC3. The van der Waals surface area contributed by atoms with Gasteiger partial charge in [0, 0.05) is 13.0 Å². The van der Waals surface area contributed by atoms with E-state index < -0.39 is 0 Å². The van der Waals surface area contributed by atoms with Crippen LogP contribution in [0.15, 0.2) is 17.2 Å². The first kappa shape index (κ1) is 12.4. The van der Waals surface area contributed by atoms with Gasteiger partial charge in [0.1, 0.15) is 5.69 Å². The molecular formula is C13H17N3O3. The van der Waals surface area contributed by atoms with E-state index >= 15 is 0 Å². The van der Waals surface area contributed by atoms with Gasteiger partial charge in [0.2, 0.25) is 0 Å². The van der Waals surface area contributed by atoms with Gasteiger partial charge in [-0.1, -0.05) is 0 Å². The lowest BCUT2D eigenvalue weighted by Crippen LogP contribution is -2.35. The fourth-order valence-electron chi connectivity index (χ4n) is 2.67. The van der Waals surface area contributed by atoms with Gasteiger partial charge in [0.25, 0.3) is 0 Å². The molecule has 1 aromatic rings. The number of aliphatic hydroxyl groups excluding tert-OH is 1. The second kappa shape index (κ2) is 4.80. The Morgan fingerprint density at radius 3 is 2.47 bits per heavy atom. The van der Waals surface area contributed by atoms with E-state index in [-0.39, 0.29) is 6.61 Å². The van der Waals surface area contributed by atoms with Crippen LogP contribution in [0.4, 0.5) is 11.4 Å². The summed E-state index contributed by atoms with van der Waals surface area (Å²) in [5.41, 5.74) is 3.47. The number of fused-ring (bicyclic) bond motifs is 2. The number of rotatable bonds is 3. The number of hydroxylamine groups is 1. The van der Waals surface area contributed by atoms with Gasteiger partial charge in [-0.3, -0.25) is 10.4 Å². The molecule has 0 spiro atoms. The predicted octanol–water partition coefficient (Wildman–Crippen LogP) is 1.67. The van der Waals surface area contributed by atoms with Gasteiger partial charge in [-0.2, -0.15) is 0 Å². The smallest absolute Gasteiger partial charge is 0.157 e. The van der Waals surface area contributed by atoms with Crippen molar-refractivity contribution in [2.75, 3.05) is 16.8 Å². The first-order valence-electron chi connectivity index (χ1n) is 6.53. The molecule has 6 nitrogen and oxygen atoms in total. The number of hydrogen-bond donors (Lipinski definition) is 3. The number of hydrazone groups is 1. The van der Waals surface area contributed by atoms with Gasteiger partial charge in [-0.15, -0.1) is 10.3 Å². The number of amidine groups is 1. The van der Waals surface area contributed by atoms with E-state index in [4.69, 9.17) is 5.11 Å². The van der Waals surface area contributed by atoms with E-state index in [1.165, 1.54) is 11.1 Å². The number of aliphatic hydroxyl groups is 1. The van der Waals surface area contributed by atoms with Crippen molar-refractivity contribution in [1.82, 2.24) is 0 Å². The predicted molar refractivity (Wildman–Crippen MR) is 70.8 cm³/mol. The van der Waals surface area contributed by atoms with E-state index in [0.717, 1.165) is 29.5 Å². The number of aryl methyl sites for hydroxylation is 2. The normalized spacial score (nSPS) is 17.3. The molecule has 0 amide bonds. The van der Waals surface area contributed by atoms with Gasteiger partial charge in [0.15, 0.2) is 5.84 Å². The van der Waals surface area contributed by atoms with Gasteiger partial charge in [-0.05, 0) is 48.9 Å². The maximum atomic E-state index is 10.2. The summed E-state index contributed by atoms with van der Waals surface area (Å²) in [4.78, 5) is 0. The first-order valence-corrected chi connectivity index (χ1v) is 6.53. The Hall–Kier alpha value is -1.63. The van der Waals surface area contributed by atoms with Crippen LogP contribution in [0.3, 0.4) is 0 Å². The summed E-state index contributed by atoms with van der Waals surface area (Å²) < 4.78 is 0. The first-order chi connectivity index (χ1) is 9.20. The standard InChI is InChI=1S/C13H17N3O3/c17-6-2-5-13-14-16(19)12-8-10-4-1-3-9(10)7-11(12)15(13)18/h7-8,17-19H,1-6H2. The van der Waals surface area contributed by atoms with E-state index in [9.17, 15) is 10.4 Å². The topological polar surface area (TPSA) is 79.5 Å². The van der Waals surface area contributed by atoms with Crippen LogP contribution in [0.2, 0.25) is 0 Å². The molecule has 2 aliphatic rings. The van der Waals surface area contributed by atoms with Gasteiger partial charge < -0.3 is 5.11 Å². The van der Waals surface area contributed by atoms with Crippen LogP contribution in [-0.2, 0) is 12.8 Å². The molecule has 3 N–H and O–H groups in total. The Kier molecular flexibility index (Phi) is 3.14. The van der Waals surface area contributed by atoms with Gasteiger partial charge in [0.05, 0.1) is 5.69 Å². The molecule has 0 fully saturated rings. The highest BCUT2D eigenvalue weighted by Gasteiger charge is 2.27. The van der Waals surface area contributed by atoms with Crippen LogP contribution >= 0.6 is 0 Å². The van der Waals surface area contributed by atoms with E-state index in [1.807, 2.05) is 12.1 Å². The van der Waals surface area contributed by atoms with Crippen molar-refractivity contribution < 1.29 is 15.5 Å². The lowest BCUT2D eigenvalue weighted by Gasteiger charge is -2.29. The fraction of sp³-hybridized carbons (Fsp3) is 0.462. The Morgan fingerprint density at radius 1 is 1.11 bits per heavy atom. The van der Waals surface area contributed by atoms with Crippen molar-refractivity contribution in [3.8, 4) is 0 Å². The molecule has 0 unspecified atom stereocenters. The van der Waals surface area contributed by atoms with Crippen LogP contribution < -0.4 is 10.2 Å². The third kappa shape index (κ3) is 2.07. The average molecular weight is 263 g/mol. The monoisotopic (exact) mass is 263 g/mol.